The molecule has 1 aromatic heterocycles. The van der Waals surface area contributed by atoms with E-state index in [4.69, 9.17) is 16.3 Å². The van der Waals surface area contributed by atoms with Crippen LogP contribution >= 0.6 is 43.5 Å². The maximum absolute atomic E-state index is 5.85. The monoisotopic (exact) mass is 375 g/mol. The van der Waals surface area contributed by atoms with Crippen molar-refractivity contribution < 1.29 is 4.74 Å². The largest absolute Gasteiger partial charge is 0.486 e. The number of halogens is 3. The molecular weight excluding hydrogens is 369 g/mol. The molecule has 17 heavy (non-hydrogen) atoms. The van der Waals surface area contributed by atoms with Crippen LogP contribution in [-0.4, -0.2) is 4.98 Å². The van der Waals surface area contributed by atoms with Crippen molar-refractivity contribution in [1.29, 1.82) is 0 Å². The van der Waals surface area contributed by atoms with Gasteiger partial charge in [0.15, 0.2) is 0 Å². The van der Waals surface area contributed by atoms with Gasteiger partial charge < -0.3 is 4.74 Å². The Bertz CT molecular complexity index is 516. The van der Waals surface area contributed by atoms with E-state index in [2.05, 4.69) is 36.8 Å². The summed E-state index contributed by atoms with van der Waals surface area (Å²) in [6.45, 7) is 0.424. The third-order valence-electron chi connectivity index (χ3n) is 2.06. The average molecular weight is 377 g/mol. The van der Waals surface area contributed by atoms with Gasteiger partial charge in [-0.2, -0.15) is 0 Å². The molecule has 0 spiro atoms. The zero-order valence-electron chi connectivity index (χ0n) is 8.66. The van der Waals surface area contributed by atoms with E-state index >= 15 is 0 Å². The molecule has 0 bridgehead atoms. The summed E-state index contributed by atoms with van der Waals surface area (Å²) in [6.07, 6.45) is 1.75. The molecule has 0 aliphatic rings. The molecule has 0 amide bonds. The van der Waals surface area contributed by atoms with Crippen LogP contribution in [0.3, 0.4) is 0 Å². The number of rotatable bonds is 3. The van der Waals surface area contributed by atoms with Crippen molar-refractivity contribution in [1.82, 2.24) is 4.98 Å². The molecule has 1 heterocycles. The van der Waals surface area contributed by atoms with Crippen molar-refractivity contribution in [3.05, 3.63) is 56.2 Å². The van der Waals surface area contributed by atoms with Crippen molar-refractivity contribution in [2.75, 3.05) is 0 Å². The third-order valence-corrected chi connectivity index (χ3v) is 3.38. The average Bonchev–Trinajstić information content (AvgIpc) is 2.30. The first-order valence-electron chi connectivity index (χ1n) is 4.83. The van der Waals surface area contributed by atoms with Crippen molar-refractivity contribution in [2.24, 2.45) is 0 Å². The SMILES string of the molecule is Clc1ccc(OCc2ccc(Br)cn2)c(Br)c1. The molecule has 2 rings (SSSR count). The first kappa shape index (κ1) is 12.9. The molecule has 0 aliphatic heterocycles. The summed E-state index contributed by atoms with van der Waals surface area (Å²) in [4.78, 5) is 4.23. The van der Waals surface area contributed by atoms with Crippen LogP contribution in [0.1, 0.15) is 5.69 Å². The highest BCUT2D eigenvalue weighted by atomic mass is 79.9. The number of hydrogen-bond donors (Lipinski definition) is 0. The zero-order chi connectivity index (χ0) is 12.3. The molecule has 5 heteroatoms. The fraction of sp³-hybridized carbons (Fsp3) is 0.0833. The van der Waals surface area contributed by atoms with Gasteiger partial charge in [0.05, 0.1) is 10.2 Å². The second-order valence-corrected chi connectivity index (χ2v) is 5.54. The van der Waals surface area contributed by atoms with Gasteiger partial charge in [-0.15, -0.1) is 0 Å². The molecule has 0 radical (unpaired) electrons. The zero-order valence-corrected chi connectivity index (χ0v) is 12.6. The summed E-state index contributed by atoms with van der Waals surface area (Å²) in [5, 5.41) is 0.672. The lowest BCUT2D eigenvalue weighted by Gasteiger charge is -2.07. The highest BCUT2D eigenvalue weighted by Crippen LogP contribution is 2.28. The van der Waals surface area contributed by atoms with E-state index in [9.17, 15) is 0 Å². The van der Waals surface area contributed by atoms with Gasteiger partial charge in [0.1, 0.15) is 12.4 Å². The highest BCUT2D eigenvalue weighted by molar-refractivity contribution is 9.10. The van der Waals surface area contributed by atoms with Crippen LogP contribution in [0.25, 0.3) is 0 Å². The molecule has 2 aromatic rings. The molecule has 1 aromatic carbocycles. The Labute approximate surface area is 121 Å². The Kier molecular flexibility index (Phi) is 4.42. The minimum atomic E-state index is 0.424. The molecular formula is C12H8Br2ClNO. The van der Waals surface area contributed by atoms with Crippen molar-refractivity contribution in [3.8, 4) is 5.75 Å². The predicted molar refractivity (Wildman–Crippen MR) is 75.4 cm³/mol. The Morgan fingerprint density at radius 1 is 1.18 bits per heavy atom. The minimum absolute atomic E-state index is 0.424. The van der Waals surface area contributed by atoms with Gasteiger partial charge in [-0.05, 0) is 62.2 Å². The van der Waals surface area contributed by atoms with Crippen LogP contribution in [0.4, 0.5) is 0 Å². The van der Waals surface area contributed by atoms with Crippen LogP contribution in [0.2, 0.25) is 5.02 Å². The lowest BCUT2D eigenvalue weighted by Crippen LogP contribution is -1.98. The van der Waals surface area contributed by atoms with E-state index in [-0.39, 0.29) is 0 Å². The Hall–Kier alpha value is -0.580. The van der Waals surface area contributed by atoms with E-state index < -0.39 is 0 Å². The molecule has 0 saturated carbocycles. The third kappa shape index (κ3) is 3.69. The quantitative estimate of drug-likeness (QED) is 0.764. The Morgan fingerprint density at radius 3 is 2.65 bits per heavy atom. The maximum atomic E-state index is 5.85. The molecule has 88 valence electrons. The number of aromatic nitrogens is 1. The van der Waals surface area contributed by atoms with Gasteiger partial charge in [0.25, 0.3) is 0 Å². The molecule has 0 atom stereocenters. The molecule has 0 aliphatic carbocycles. The molecule has 0 N–H and O–H groups in total. The Morgan fingerprint density at radius 2 is 2.00 bits per heavy atom. The normalized spacial score (nSPS) is 10.3. The number of ether oxygens (including phenoxy) is 1. The second kappa shape index (κ2) is 5.85. The van der Waals surface area contributed by atoms with Gasteiger partial charge >= 0.3 is 0 Å². The van der Waals surface area contributed by atoms with Crippen LogP contribution < -0.4 is 4.74 Å². The van der Waals surface area contributed by atoms with E-state index in [1.807, 2.05) is 18.2 Å². The van der Waals surface area contributed by atoms with Gasteiger partial charge in [0.2, 0.25) is 0 Å². The van der Waals surface area contributed by atoms with Gasteiger partial charge in [-0.25, -0.2) is 0 Å². The summed E-state index contributed by atoms with van der Waals surface area (Å²) in [5.41, 5.74) is 0.870. The first-order chi connectivity index (χ1) is 8.15. The van der Waals surface area contributed by atoms with E-state index in [0.29, 0.717) is 11.6 Å². The summed E-state index contributed by atoms with van der Waals surface area (Å²) < 4.78 is 7.42. The maximum Gasteiger partial charge on any atom is 0.134 e. The summed E-state index contributed by atoms with van der Waals surface area (Å²) in [5.74, 6) is 0.749. The van der Waals surface area contributed by atoms with Gasteiger partial charge in [0, 0.05) is 15.7 Å². The number of benzene rings is 1. The van der Waals surface area contributed by atoms with Gasteiger partial charge in [-0.3, -0.25) is 4.98 Å². The summed E-state index contributed by atoms with van der Waals surface area (Å²) in [7, 11) is 0. The molecule has 2 nitrogen and oxygen atoms in total. The lowest BCUT2D eigenvalue weighted by molar-refractivity contribution is 0.299. The number of pyridine rings is 1. The Balaban J connectivity index is 2.04. The topological polar surface area (TPSA) is 22.1 Å². The van der Waals surface area contributed by atoms with E-state index in [1.165, 1.54) is 0 Å². The van der Waals surface area contributed by atoms with Crippen LogP contribution in [0.15, 0.2) is 45.5 Å². The van der Waals surface area contributed by atoms with Crippen molar-refractivity contribution in [3.63, 3.8) is 0 Å². The molecule has 0 fully saturated rings. The minimum Gasteiger partial charge on any atom is -0.486 e. The van der Waals surface area contributed by atoms with Crippen LogP contribution in [-0.2, 0) is 6.61 Å². The summed E-state index contributed by atoms with van der Waals surface area (Å²) in [6, 6.07) is 9.25. The van der Waals surface area contributed by atoms with E-state index in [1.54, 1.807) is 18.3 Å². The lowest BCUT2D eigenvalue weighted by atomic mass is 10.3. The number of nitrogens with zero attached hydrogens (tertiary/aromatic N) is 1. The van der Waals surface area contributed by atoms with Crippen LogP contribution in [0.5, 0.6) is 5.75 Å². The van der Waals surface area contributed by atoms with Crippen molar-refractivity contribution >= 4 is 43.5 Å². The second-order valence-electron chi connectivity index (χ2n) is 3.33. The fourth-order valence-electron chi connectivity index (χ4n) is 1.24. The summed E-state index contributed by atoms with van der Waals surface area (Å²) >= 11 is 12.6. The molecule has 0 saturated heterocycles. The van der Waals surface area contributed by atoms with Crippen LogP contribution in [0, 0.1) is 0 Å². The smallest absolute Gasteiger partial charge is 0.134 e. The van der Waals surface area contributed by atoms with Gasteiger partial charge in [-0.1, -0.05) is 11.6 Å². The van der Waals surface area contributed by atoms with Crippen molar-refractivity contribution in [2.45, 2.75) is 6.61 Å². The highest BCUT2D eigenvalue weighted by Gasteiger charge is 2.02. The number of hydrogen-bond acceptors (Lipinski definition) is 2. The standard InChI is InChI=1S/C12H8Br2ClNO/c13-8-1-3-10(16-6-8)7-17-12-4-2-9(15)5-11(12)14/h1-6H,7H2. The fourth-order valence-corrected chi connectivity index (χ4v) is 2.27. The molecule has 0 unspecified atom stereocenters. The predicted octanol–water partition coefficient (Wildman–Crippen LogP) is 4.84. The first-order valence-corrected chi connectivity index (χ1v) is 6.80. The van der Waals surface area contributed by atoms with E-state index in [0.717, 1.165) is 20.4 Å².